The van der Waals surface area contributed by atoms with E-state index in [1.54, 1.807) is 12.3 Å². The summed E-state index contributed by atoms with van der Waals surface area (Å²) in [7, 11) is 0. The van der Waals surface area contributed by atoms with Crippen molar-refractivity contribution in [3.63, 3.8) is 0 Å². The Bertz CT molecular complexity index is 789. The fourth-order valence-electron chi connectivity index (χ4n) is 3.60. The number of likely N-dealkylation sites (tertiary alicyclic amines) is 1. The average Bonchev–Trinajstić information content (AvgIpc) is 3.13. The minimum atomic E-state index is -0.174. The van der Waals surface area contributed by atoms with Gasteiger partial charge in [-0.2, -0.15) is 5.10 Å². The molecule has 0 saturated carbocycles. The van der Waals surface area contributed by atoms with Gasteiger partial charge in [-0.3, -0.25) is 14.9 Å². The Morgan fingerprint density at radius 3 is 2.84 bits per heavy atom. The number of pyridine rings is 1. The molecule has 0 unspecified atom stereocenters. The number of piperidine rings is 1. The monoisotopic (exact) mass is 338 g/mol. The Balaban J connectivity index is 1.45. The molecule has 2 aliphatic rings. The van der Waals surface area contributed by atoms with Crippen LogP contribution in [0.2, 0.25) is 0 Å². The van der Waals surface area contributed by atoms with Crippen molar-refractivity contribution in [3.05, 3.63) is 47.8 Å². The van der Waals surface area contributed by atoms with Gasteiger partial charge in [0.15, 0.2) is 0 Å². The molecule has 1 fully saturated rings. The number of H-pyrrole nitrogens is 1. The molecule has 0 radical (unpaired) electrons. The van der Waals surface area contributed by atoms with Crippen molar-refractivity contribution in [2.75, 3.05) is 19.7 Å². The summed E-state index contributed by atoms with van der Waals surface area (Å²) in [5.74, 6) is -0.0129. The maximum absolute atomic E-state index is 12.8. The van der Waals surface area contributed by atoms with Crippen molar-refractivity contribution in [1.29, 1.82) is 0 Å². The maximum Gasteiger partial charge on any atom is 0.271 e. The van der Waals surface area contributed by atoms with E-state index in [4.69, 9.17) is 4.74 Å². The first kappa shape index (κ1) is 16.0. The van der Waals surface area contributed by atoms with Gasteiger partial charge in [-0.15, -0.1) is 0 Å². The second-order valence-electron chi connectivity index (χ2n) is 6.83. The normalized spacial score (nSPS) is 19.7. The highest BCUT2D eigenvalue weighted by atomic mass is 16.5. The fraction of sp³-hybridized carbons (Fsp3) is 0.421. The Hall–Kier alpha value is -2.47. The third-order valence-corrected chi connectivity index (χ3v) is 5.03. The second kappa shape index (κ2) is 6.44. The number of aromatic amines is 1. The first-order chi connectivity index (χ1) is 12.2. The molecule has 2 aromatic rings. The molecule has 25 heavy (non-hydrogen) atoms. The van der Waals surface area contributed by atoms with Gasteiger partial charge in [-0.05, 0) is 44.4 Å². The van der Waals surface area contributed by atoms with E-state index in [2.05, 4.69) is 28.2 Å². The van der Waals surface area contributed by atoms with Crippen LogP contribution in [0, 0.1) is 0 Å². The summed E-state index contributed by atoms with van der Waals surface area (Å²) in [4.78, 5) is 18.9. The van der Waals surface area contributed by atoms with Gasteiger partial charge < -0.3 is 9.64 Å². The Morgan fingerprint density at radius 1 is 1.28 bits per heavy atom. The fourth-order valence-corrected chi connectivity index (χ4v) is 3.60. The van der Waals surface area contributed by atoms with Crippen molar-refractivity contribution in [1.82, 2.24) is 20.1 Å². The molecule has 0 aliphatic carbocycles. The smallest absolute Gasteiger partial charge is 0.271 e. The van der Waals surface area contributed by atoms with Crippen molar-refractivity contribution in [2.45, 2.75) is 31.8 Å². The molecule has 130 valence electrons. The first-order valence-corrected chi connectivity index (χ1v) is 8.74. The molecule has 2 aromatic heterocycles. The Labute approximate surface area is 146 Å². The zero-order chi connectivity index (χ0) is 17.3. The van der Waals surface area contributed by atoms with Crippen LogP contribution in [-0.2, 0) is 4.74 Å². The highest BCUT2D eigenvalue weighted by Crippen LogP contribution is 2.33. The largest absolute Gasteiger partial charge is 0.370 e. The molecule has 6 nitrogen and oxygen atoms in total. The third kappa shape index (κ3) is 3.22. The number of nitrogens with one attached hydrogen (secondary N) is 1. The molecule has 6 heteroatoms. The summed E-state index contributed by atoms with van der Waals surface area (Å²) in [5.41, 5.74) is 3.16. The minimum absolute atomic E-state index is 0.0129. The highest BCUT2D eigenvalue weighted by Gasteiger charge is 2.37. The van der Waals surface area contributed by atoms with Crippen LogP contribution in [0.15, 0.2) is 42.1 Å². The summed E-state index contributed by atoms with van der Waals surface area (Å²) in [6.07, 6.45) is 6.67. The lowest BCUT2D eigenvalue weighted by atomic mass is 9.87. The molecule has 0 aromatic carbocycles. The van der Waals surface area contributed by atoms with Crippen LogP contribution < -0.4 is 0 Å². The number of ether oxygens (including phenoxy) is 1. The van der Waals surface area contributed by atoms with Crippen molar-refractivity contribution in [3.8, 4) is 11.4 Å². The molecule has 1 N–H and O–H groups in total. The van der Waals surface area contributed by atoms with Gasteiger partial charge in [-0.25, -0.2) is 0 Å². The van der Waals surface area contributed by atoms with Gasteiger partial charge in [0.05, 0.1) is 17.9 Å². The van der Waals surface area contributed by atoms with Gasteiger partial charge in [0.1, 0.15) is 11.4 Å². The van der Waals surface area contributed by atoms with E-state index in [1.165, 1.54) is 5.57 Å². The van der Waals surface area contributed by atoms with Crippen LogP contribution in [0.5, 0.6) is 0 Å². The molecular formula is C19H22N4O2. The first-order valence-electron chi connectivity index (χ1n) is 8.74. The van der Waals surface area contributed by atoms with Gasteiger partial charge in [-0.1, -0.05) is 17.7 Å². The number of aromatic nitrogens is 3. The number of hydrogen-bond donors (Lipinski definition) is 1. The number of carbonyl (C=O) groups excluding carboxylic acids is 1. The van der Waals surface area contributed by atoms with Crippen LogP contribution in [0.3, 0.4) is 0 Å². The molecule has 4 heterocycles. The number of nitrogens with zero attached hydrogens (tertiary/aromatic N) is 3. The van der Waals surface area contributed by atoms with Gasteiger partial charge in [0.2, 0.25) is 0 Å². The lowest BCUT2D eigenvalue weighted by Crippen LogP contribution is -2.48. The summed E-state index contributed by atoms with van der Waals surface area (Å²) in [5, 5.41) is 7.08. The summed E-state index contributed by atoms with van der Waals surface area (Å²) < 4.78 is 6.03. The second-order valence-corrected chi connectivity index (χ2v) is 6.83. The molecule has 0 bridgehead atoms. The molecule has 1 amide bonds. The lowest BCUT2D eigenvalue weighted by Gasteiger charge is -2.42. The average molecular weight is 338 g/mol. The molecule has 1 saturated heterocycles. The van der Waals surface area contributed by atoms with Crippen LogP contribution in [-0.4, -0.2) is 51.3 Å². The summed E-state index contributed by atoms with van der Waals surface area (Å²) in [6.45, 7) is 4.33. The quantitative estimate of drug-likeness (QED) is 0.855. The van der Waals surface area contributed by atoms with Crippen molar-refractivity contribution < 1.29 is 9.53 Å². The van der Waals surface area contributed by atoms with E-state index in [-0.39, 0.29) is 11.5 Å². The van der Waals surface area contributed by atoms with Crippen LogP contribution in [0.1, 0.15) is 36.7 Å². The standard InChI is InChI=1S/C19H22N4O2/c1-14-5-11-25-19(13-14)6-9-23(10-7-19)18(24)17-12-16(21-22-17)15-4-2-3-8-20-15/h2-4,8,12-13H,5-7,9-11H2,1H3,(H,21,22). The van der Waals surface area contributed by atoms with E-state index in [9.17, 15) is 4.79 Å². The van der Waals surface area contributed by atoms with Crippen LogP contribution >= 0.6 is 0 Å². The SMILES string of the molecule is CC1=CC2(CCN(C(=O)c3cc(-c4ccccn4)n[nH]3)CC2)OCC1. The zero-order valence-electron chi connectivity index (χ0n) is 14.4. The van der Waals surface area contributed by atoms with E-state index in [0.717, 1.165) is 31.6 Å². The minimum Gasteiger partial charge on any atom is -0.370 e. The number of carbonyl (C=O) groups is 1. The maximum atomic E-state index is 12.8. The molecule has 2 aliphatic heterocycles. The Kier molecular flexibility index (Phi) is 4.13. The highest BCUT2D eigenvalue weighted by molar-refractivity contribution is 5.93. The topological polar surface area (TPSA) is 71.1 Å². The van der Waals surface area contributed by atoms with Crippen molar-refractivity contribution in [2.24, 2.45) is 0 Å². The van der Waals surface area contributed by atoms with E-state index >= 15 is 0 Å². The lowest BCUT2D eigenvalue weighted by molar-refractivity contribution is -0.0522. The Morgan fingerprint density at radius 2 is 2.12 bits per heavy atom. The van der Waals surface area contributed by atoms with E-state index < -0.39 is 0 Å². The molecule has 4 rings (SSSR count). The summed E-state index contributed by atoms with van der Waals surface area (Å²) in [6, 6.07) is 7.41. The van der Waals surface area contributed by atoms with Crippen LogP contribution in [0.25, 0.3) is 11.4 Å². The zero-order valence-corrected chi connectivity index (χ0v) is 14.4. The van der Waals surface area contributed by atoms with E-state index in [0.29, 0.717) is 24.5 Å². The summed E-state index contributed by atoms with van der Waals surface area (Å²) >= 11 is 0. The van der Waals surface area contributed by atoms with Gasteiger partial charge >= 0.3 is 0 Å². The number of rotatable bonds is 2. The predicted octanol–water partition coefficient (Wildman–Crippen LogP) is 2.81. The molecule has 1 spiro atoms. The van der Waals surface area contributed by atoms with Gasteiger partial charge in [0, 0.05) is 19.3 Å². The molecule has 0 atom stereocenters. The van der Waals surface area contributed by atoms with Gasteiger partial charge in [0.25, 0.3) is 5.91 Å². The predicted molar refractivity (Wildman–Crippen MR) is 94.0 cm³/mol. The van der Waals surface area contributed by atoms with E-state index in [1.807, 2.05) is 23.1 Å². The number of hydrogen-bond acceptors (Lipinski definition) is 4. The number of amides is 1. The van der Waals surface area contributed by atoms with Crippen molar-refractivity contribution >= 4 is 5.91 Å². The third-order valence-electron chi connectivity index (χ3n) is 5.03. The molecular weight excluding hydrogens is 316 g/mol. The van der Waals surface area contributed by atoms with Crippen LogP contribution in [0.4, 0.5) is 0 Å².